The zero-order valence-corrected chi connectivity index (χ0v) is 27.7. The minimum atomic E-state index is -1.13. The number of fused-ring (bicyclic) bond motifs is 1. The molecule has 3 aromatic rings. The highest BCUT2D eigenvalue weighted by atomic mass is 19.1. The second-order valence-electron chi connectivity index (χ2n) is 12.1. The lowest BCUT2D eigenvalue weighted by atomic mass is 10.0. The summed E-state index contributed by atoms with van der Waals surface area (Å²) < 4.78 is 13.3. The van der Waals surface area contributed by atoms with Crippen LogP contribution in [-0.2, 0) is 36.8 Å². The Morgan fingerprint density at radius 2 is 1.76 bits per heavy atom. The predicted molar refractivity (Wildman–Crippen MR) is 185 cm³/mol. The van der Waals surface area contributed by atoms with Gasteiger partial charge >= 0.3 is 0 Å². The molecule has 1 aliphatic rings. The van der Waals surface area contributed by atoms with Crippen molar-refractivity contribution in [3.05, 3.63) is 83.3 Å². The average Bonchev–Trinajstić information content (AvgIpc) is 3.72. The Bertz CT molecular complexity index is 1770. The molecule has 0 fully saturated rings. The van der Waals surface area contributed by atoms with Crippen LogP contribution in [0.5, 0.6) is 0 Å². The van der Waals surface area contributed by atoms with Gasteiger partial charge in [0.05, 0.1) is 12.6 Å². The van der Waals surface area contributed by atoms with Crippen LogP contribution < -0.4 is 38.9 Å². The number of guanidine groups is 1. The number of carbonyl (C=O) groups is 5. The minimum Gasteiger partial charge on any atom is -0.370 e. The van der Waals surface area contributed by atoms with Crippen molar-refractivity contribution < 1.29 is 28.4 Å². The van der Waals surface area contributed by atoms with Crippen LogP contribution in [0.25, 0.3) is 10.9 Å². The lowest BCUT2D eigenvalue weighted by Gasteiger charge is -2.28. The number of aliphatic imine (C=N–C) groups is 1. The van der Waals surface area contributed by atoms with Crippen molar-refractivity contribution in [2.75, 3.05) is 19.6 Å². The Morgan fingerprint density at radius 3 is 2.46 bits per heavy atom. The number of benzene rings is 2. The first-order chi connectivity index (χ1) is 23.8. The smallest absolute Gasteiger partial charge is 0.247 e. The van der Waals surface area contributed by atoms with E-state index in [1.165, 1.54) is 35.2 Å². The van der Waals surface area contributed by atoms with Crippen LogP contribution in [0.4, 0.5) is 4.39 Å². The fraction of sp³-hybridized carbons (Fsp3) is 0.353. The summed E-state index contributed by atoms with van der Waals surface area (Å²) in [5.41, 5.74) is 25.9. The number of aryl methyl sites for hydroxylation is 1. The van der Waals surface area contributed by atoms with Gasteiger partial charge in [0, 0.05) is 36.6 Å². The molecule has 266 valence electrons. The molecule has 2 heterocycles. The number of amides is 5. The highest BCUT2D eigenvalue weighted by Crippen LogP contribution is 2.21. The van der Waals surface area contributed by atoms with Crippen molar-refractivity contribution in [3.63, 3.8) is 0 Å². The molecule has 1 aliphatic heterocycles. The molecule has 0 saturated heterocycles. The van der Waals surface area contributed by atoms with E-state index < -0.39 is 66.1 Å². The molecule has 5 amide bonds. The molecule has 0 spiro atoms. The van der Waals surface area contributed by atoms with Gasteiger partial charge in [-0.05, 0) is 61.6 Å². The maximum Gasteiger partial charge on any atom is 0.247 e. The number of hydrogen-bond acceptors (Lipinski definition) is 7. The Morgan fingerprint density at radius 1 is 1.02 bits per heavy atom. The fourth-order valence-corrected chi connectivity index (χ4v) is 5.62. The van der Waals surface area contributed by atoms with Gasteiger partial charge in [-0.2, -0.15) is 0 Å². The van der Waals surface area contributed by atoms with E-state index in [0.29, 0.717) is 12.0 Å². The Labute approximate surface area is 288 Å². The number of halogens is 1. The van der Waals surface area contributed by atoms with E-state index in [4.69, 9.17) is 22.9 Å². The maximum absolute atomic E-state index is 13.4. The Balaban J connectivity index is 1.37. The standard InChI is InChI=1S/C34H43FN10O5/c1-19-6-11-25-23(14-19)21(17-41-25)16-27(30(37)47)43-29(46)18-42-31(48)26(4-2-12-40-34(38)39)44-32(49)28-5-3-13-45(28)33(50)24(36)15-20-7-9-22(35)10-8-20/h3,5-11,14,17,24,26-28,41H,2,4,12-13,15-16,18,36H2,1H3,(H2,37,47)(H,42,48)(H,43,46)(H,44,49)(H4,38,39,40)/t24-,26-,27-,28-/m0/s1. The van der Waals surface area contributed by atoms with E-state index in [2.05, 4.69) is 25.9 Å². The molecule has 15 nitrogen and oxygen atoms in total. The lowest BCUT2D eigenvalue weighted by molar-refractivity contribution is -0.139. The van der Waals surface area contributed by atoms with Crippen LogP contribution in [0.1, 0.15) is 29.5 Å². The third-order valence-electron chi connectivity index (χ3n) is 8.22. The average molecular weight is 691 g/mol. The summed E-state index contributed by atoms with van der Waals surface area (Å²) in [6.45, 7) is 1.72. The van der Waals surface area contributed by atoms with Crippen LogP contribution >= 0.6 is 0 Å². The Hall–Kier alpha value is -5.77. The van der Waals surface area contributed by atoms with Crippen LogP contribution in [0.15, 0.2) is 65.8 Å². The number of nitrogens with zero attached hydrogens (tertiary/aromatic N) is 2. The molecule has 2 aromatic carbocycles. The van der Waals surface area contributed by atoms with Gasteiger partial charge in [0.15, 0.2) is 5.96 Å². The van der Waals surface area contributed by atoms with Gasteiger partial charge in [-0.25, -0.2) is 4.39 Å². The molecule has 0 aliphatic carbocycles. The number of carbonyl (C=O) groups excluding carboxylic acids is 5. The molecule has 12 N–H and O–H groups in total. The van der Waals surface area contributed by atoms with Gasteiger partial charge in [-0.3, -0.25) is 29.0 Å². The van der Waals surface area contributed by atoms with Crippen LogP contribution in [-0.4, -0.2) is 89.2 Å². The van der Waals surface area contributed by atoms with Crippen LogP contribution in [0.2, 0.25) is 0 Å². The number of aromatic nitrogens is 1. The molecular formula is C34H43FN10O5. The number of hydrogen-bond donors (Lipinski definition) is 8. The first kappa shape index (κ1) is 37.1. The fourth-order valence-electron chi connectivity index (χ4n) is 5.62. The van der Waals surface area contributed by atoms with E-state index in [0.717, 1.165) is 22.0 Å². The van der Waals surface area contributed by atoms with Crippen molar-refractivity contribution in [3.8, 4) is 0 Å². The highest BCUT2D eigenvalue weighted by Gasteiger charge is 2.35. The molecule has 0 unspecified atom stereocenters. The third-order valence-corrected chi connectivity index (χ3v) is 8.22. The van der Waals surface area contributed by atoms with E-state index in [9.17, 15) is 28.4 Å². The molecule has 0 saturated carbocycles. The summed E-state index contributed by atoms with van der Waals surface area (Å²) in [4.78, 5) is 73.4. The van der Waals surface area contributed by atoms with Crippen molar-refractivity contribution in [1.82, 2.24) is 25.8 Å². The zero-order valence-electron chi connectivity index (χ0n) is 27.7. The van der Waals surface area contributed by atoms with Crippen molar-refractivity contribution in [2.24, 2.45) is 27.9 Å². The molecule has 1 aromatic heterocycles. The first-order valence-corrected chi connectivity index (χ1v) is 16.1. The number of rotatable bonds is 16. The predicted octanol–water partition coefficient (Wildman–Crippen LogP) is -0.880. The van der Waals surface area contributed by atoms with Crippen molar-refractivity contribution in [2.45, 2.75) is 56.8 Å². The SMILES string of the molecule is Cc1ccc2[nH]cc(C[C@H](NC(=O)CNC(=O)[C@H](CCCN=C(N)N)NC(=O)[C@@H]3C=CCN3C(=O)[C@@H](N)Cc3ccc(F)cc3)C(N)=O)c2c1. The molecule has 4 rings (SSSR count). The van der Waals surface area contributed by atoms with Crippen LogP contribution in [0.3, 0.4) is 0 Å². The zero-order chi connectivity index (χ0) is 36.4. The number of H-pyrrole nitrogens is 1. The molecule has 50 heavy (non-hydrogen) atoms. The van der Waals surface area contributed by atoms with Crippen molar-refractivity contribution >= 4 is 46.4 Å². The molecule has 4 atom stereocenters. The quantitative estimate of drug-likeness (QED) is 0.0404. The lowest BCUT2D eigenvalue weighted by Crippen LogP contribution is -2.56. The number of primary amides is 1. The molecular weight excluding hydrogens is 647 g/mol. The summed E-state index contributed by atoms with van der Waals surface area (Å²) in [6, 6.07) is 7.17. The monoisotopic (exact) mass is 690 g/mol. The van der Waals surface area contributed by atoms with E-state index in [-0.39, 0.29) is 38.3 Å². The van der Waals surface area contributed by atoms with E-state index >= 15 is 0 Å². The van der Waals surface area contributed by atoms with Gasteiger partial charge in [0.25, 0.3) is 0 Å². The minimum absolute atomic E-state index is 0.0916. The maximum atomic E-state index is 13.4. The molecule has 0 radical (unpaired) electrons. The number of aromatic amines is 1. The van der Waals surface area contributed by atoms with Crippen molar-refractivity contribution in [1.29, 1.82) is 0 Å². The molecule has 16 heteroatoms. The number of nitrogens with two attached hydrogens (primary N) is 4. The van der Waals surface area contributed by atoms with Gasteiger partial charge in [0.2, 0.25) is 29.5 Å². The summed E-state index contributed by atoms with van der Waals surface area (Å²) >= 11 is 0. The normalized spacial score (nSPS) is 15.6. The topological polar surface area (TPSA) is 257 Å². The summed E-state index contributed by atoms with van der Waals surface area (Å²) in [6.07, 6.45) is 5.54. The van der Waals surface area contributed by atoms with E-state index in [1.54, 1.807) is 12.3 Å². The van der Waals surface area contributed by atoms with Gasteiger partial charge in [-0.15, -0.1) is 0 Å². The first-order valence-electron chi connectivity index (χ1n) is 16.1. The summed E-state index contributed by atoms with van der Waals surface area (Å²) in [5.74, 6) is -3.81. The van der Waals surface area contributed by atoms with Gasteiger partial charge in [-0.1, -0.05) is 35.9 Å². The van der Waals surface area contributed by atoms with Crippen LogP contribution in [0, 0.1) is 12.7 Å². The molecule has 0 bridgehead atoms. The summed E-state index contributed by atoms with van der Waals surface area (Å²) in [7, 11) is 0. The largest absolute Gasteiger partial charge is 0.370 e. The Kier molecular flexibility index (Phi) is 12.6. The van der Waals surface area contributed by atoms with Gasteiger partial charge in [0.1, 0.15) is 23.9 Å². The van der Waals surface area contributed by atoms with E-state index in [1.807, 2.05) is 25.1 Å². The summed E-state index contributed by atoms with van der Waals surface area (Å²) in [5, 5.41) is 8.62. The van der Waals surface area contributed by atoms with Gasteiger partial charge < -0.3 is 48.8 Å². The second-order valence-corrected chi connectivity index (χ2v) is 12.1. The number of nitrogens with one attached hydrogen (secondary N) is 4. The highest BCUT2D eigenvalue weighted by molar-refractivity contribution is 5.96. The second kappa shape index (κ2) is 17.1. The third kappa shape index (κ3) is 10.1.